The van der Waals surface area contributed by atoms with Crippen molar-refractivity contribution in [1.29, 1.82) is 0 Å². The monoisotopic (exact) mass is 569 g/mol. The van der Waals surface area contributed by atoms with Crippen molar-refractivity contribution in [3.05, 3.63) is 64.2 Å². The van der Waals surface area contributed by atoms with Crippen molar-refractivity contribution in [3.8, 4) is 5.75 Å². The Morgan fingerprint density at radius 2 is 1.75 bits per heavy atom. The van der Waals surface area contributed by atoms with Crippen molar-refractivity contribution in [2.75, 3.05) is 13.1 Å². The average Bonchev–Trinajstić information content (AvgIpc) is 3.72. The van der Waals surface area contributed by atoms with E-state index in [-0.39, 0.29) is 12.5 Å². The fourth-order valence-electron chi connectivity index (χ4n) is 6.59. The number of nitrogens with zero attached hydrogens (tertiary/aromatic N) is 1. The van der Waals surface area contributed by atoms with Crippen LogP contribution >= 0.6 is 0 Å². The van der Waals surface area contributed by atoms with E-state index in [9.17, 15) is 36.2 Å². The molecule has 5 rings (SSSR count). The Balaban J connectivity index is 1.42. The first kappa shape index (κ1) is 28.8. The lowest BCUT2D eigenvalue weighted by Crippen LogP contribution is -2.54. The number of rotatable bonds is 6. The smallest absolute Gasteiger partial charge is 0.416 e. The number of fused-ring (bicyclic) bond motifs is 1. The van der Waals surface area contributed by atoms with E-state index in [1.54, 1.807) is 11.8 Å². The molecule has 2 aromatic carbocycles. The number of ether oxygens (including phenoxy) is 1. The minimum atomic E-state index is -4.79. The summed E-state index contributed by atoms with van der Waals surface area (Å²) >= 11 is 0. The van der Waals surface area contributed by atoms with Gasteiger partial charge in [0.2, 0.25) is 0 Å². The van der Waals surface area contributed by atoms with Crippen molar-refractivity contribution in [1.82, 2.24) is 4.90 Å². The van der Waals surface area contributed by atoms with E-state index in [1.807, 2.05) is 18.2 Å². The zero-order valence-corrected chi connectivity index (χ0v) is 22.4. The van der Waals surface area contributed by atoms with Gasteiger partial charge in [0.25, 0.3) is 0 Å². The summed E-state index contributed by atoms with van der Waals surface area (Å²) in [4.78, 5) is 13.6. The summed E-state index contributed by atoms with van der Waals surface area (Å²) in [6, 6.07) is 6.60. The highest BCUT2D eigenvalue weighted by Crippen LogP contribution is 2.49. The van der Waals surface area contributed by atoms with Gasteiger partial charge in [-0.15, -0.1) is 0 Å². The Hall–Kier alpha value is -2.75. The van der Waals surface area contributed by atoms with Crippen LogP contribution in [-0.4, -0.2) is 34.7 Å². The Bertz CT molecular complexity index is 1270. The van der Waals surface area contributed by atoms with Gasteiger partial charge >= 0.3 is 18.3 Å². The van der Waals surface area contributed by atoms with Gasteiger partial charge in [0, 0.05) is 12.6 Å². The third kappa shape index (κ3) is 5.69. The first-order chi connectivity index (χ1) is 18.7. The standard InChI is InChI=1S/C30H33F6NO3/c1-17(27(38)39)26(20-5-6-20)21-7-4-19-10-12-28(40-25(19)14-21)11-3-13-37(16-28)18(2)23-15-22(29(31,32)33)8-9-24(23)30(34,35)36/h4,7-9,14-15,17-18,20,26H,3,5-6,10-13,16H2,1-2H3,(H,38,39)/t17-,18+,26?,28?/m0/s1. The average molecular weight is 570 g/mol. The number of hydrogen-bond acceptors (Lipinski definition) is 3. The van der Waals surface area contributed by atoms with Crippen LogP contribution in [0.3, 0.4) is 0 Å². The molecule has 40 heavy (non-hydrogen) atoms. The molecule has 4 atom stereocenters. The summed E-state index contributed by atoms with van der Waals surface area (Å²) in [6.45, 7) is 3.96. The molecule has 1 saturated heterocycles. The van der Waals surface area contributed by atoms with Crippen LogP contribution in [0.2, 0.25) is 0 Å². The number of carboxylic acid groups (broad SMARTS) is 1. The number of likely N-dealkylation sites (tertiary alicyclic amines) is 1. The fourth-order valence-corrected chi connectivity index (χ4v) is 6.59. The molecule has 1 saturated carbocycles. The van der Waals surface area contributed by atoms with Gasteiger partial charge in [-0.3, -0.25) is 9.69 Å². The molecule has 1 aliphatic carbocycles. The molecule has 10 heteroatoms. The third-order valence-corrected chi connectivity index (χ3v) is 8.96. The summed E-state index contributed by atoms with van der Waals surface area (Å²) in [6.07, 6.45) is -4.96. The highest BCUT2D eigenvalue weighted by Gasteiger charge is 2.45. The molecule has 2 aliphatic heterocycles. The predicted octanol–water partition coefficient (Wildman–Crippen LogP) is 7.86. The highest BCUT2D eigenvalue weighted by molar-refractivity contribution is 5.71. The number of benzene rings is 2. The van der Waals surface area contributed by atoms with E-state index in [0.29, 0.717) is 62.1 Å². The van der Waals surface area contributed by atoms with Gasteiger partial charge in [-0.05, 0) is 105 Å². The van der Waals surface area contributed by atoms with Crippen LogP contribution in [-0.2, 0) is 23.6 Å². The summed E-state index contributed by atoms with van der Waals surface area (Å²) in [5.74, 6) is -0.561. The molecule has 0 aromatic heterocycles. The number of aliphatic carboxylic acids is 1. The van der Waals surface area contributed by atoms with Crippen LogP contribution in [0.4, 0.5) is 26.3 Å². The molecule has 218 valence electrons. The SMILES string of the molecule is C[C@H](C(=O)O)C(c1ccc2c(c1)OC1(CCCN([C@H](C)c3cc(C(F)(F)F)ccc3C(F)(F)F)C1)CC2)C1CC1. The maximum Gasteiger partial charge on any atom is 0.416 e. The number of piperidine rings is 1. The molecule has 0 radical (unpaired) electrons. The van der Waals surface area contributed by atoms with E-state index < -0.39 is 52.6 Å². The molecule has 2 unspecified atom stereocenters. The molecule has 0 bridgehead atoms. The second-order valence-corrected chi connectivity index (χ2v) is 11.7. The van der Waals surface area contributed by atoms with Crippen LogP contribution in [0.1, 0.15) is 85.7 Å². The Morgan fingerprint density at radius 3 is 2.38 bits per heavy atom. The molecular formula is C30H33F6NO3. The summed E-state index contributed by atoms with van der Waals surface area (Å²) in [5.41, 5.74) is -1.35. The Labute approximate surface area is 229 Å². The molecule has 4 nitrogen and oxygen atoms in total. The van der Waals surface area contributed by atoms with E-state index >= 15 is 0 Å². The number of hydrogen-bond donors (Lipinski definition) is 1. The predicted molar refractivity (Wildman–Crippen MR) is 136 cm³/mol. The van der Waals surface area contributed by atoms with E-state index in [1.165, 1.54) is 6.92 Å². The second-order valence-electron chi connectivity index (χ2n) is 11.7. The van der Waals surface area contributed by atoms with Crippen LogP contribution < -0.4 is 4.74 Å². The lowest BCUT2D eigenvalue weighted by molar-refractivity contribution is -0.142. The number of aryl methyl sites for hydroxylation is 1. The van der Waals surface area contributed by atoms with Gasteiger partial charge in [-0.25, -0.2) is 0 Å². The molecule has 2 fully saturated rings. The molecular weight excluding hydrogens is 536 g/mol. The van der Waals surface area contributed by atoms with Crippen molar-refractivity contribution in [2.24, 2.45) is 11.8 Å². The largest absolute Gasteiger partial charge is 0.486 e. The van der Waals surface area contributed by atoms with Gasteiger partial charge < -0.3 is 9.84 Å². The van der Waals surface area contributed by atoms with Crippen molar-refractivity contribution in [2.45, 2.75) is 82.3 Å². The van der Waals surface area contributed by atoms with Crippen LogP contribution in [0.5, 0.6) is 5.75 Å². The Kier molecular flexibility index (Phi) is 7.38. The second kappa shape index (κ2) is 10.3. The number of halogens is 6. The summed E-state index contributed by atoms with van der Waals surface area (Å²) < 4.78 is 88.3. The lowest BCUT2D eigenvalue weighted by Gasteiger charge is -2.47. The normalized spacial score (nSPS) is 24.2. The molecule has 2 aromatic rings. The first-order valence-corrected chi connectivity index (χ1v) is 13.8. The minimum absolute atomic E-state index is 0.131. The number of alkyl halides is 6. The number of carbonyl (C=O) groups is 1. The van der Waals surface area contributed by atoms with Crippen molar-refractivity contribution >= 4 is 5.97 Å². The van der Waals surface area contributed by atoms with Gasteiger partial charge in [0.15, 0.2) is 0 Å². The first-order valence-electron chi connectivity index (χ1n) is 13.8. The van der Waals surface area contributed by atoms with Crippen LogP contribution in [0.15, 0.2) is 36.4 Å². The van der Waals surface area contributed by atoms with E-state index in [2.05, 4.69) is 0 Å². The molecule has 1 spiro atoms. The van der Waals surface area contributed by atoms with Gasteiger partial charge in [0.1, 0.15) is 11.4 Å². The van der Waals surface area contributed by atoms with Crippen molar-refractivity contribution < 1.29 is 41.0 Å². The highest BCUT2D eigenvalue weighted by atomic mass is 19.4. The third-order valence-electron chi connectivity index (χ3n) is 8.96. The van der Waals surface area contributed by atoms with E-state index in [0.717, 1.165) is 24.0 Å². The fraction of sp³-hybridized carbons (Fsp3) is 0.567. The molecule has 2 heterocycles. The summed E-state index contributed by atoms with van der Waals surface area (Å²) in [7, 11) is 0. The zero-order chi connectivity index (χ0) is 29.0. The summed E-state index contributed by atoms with van der Waals surface area (Å²) in [5, 5.41) is 9.66. The molecule has 0 amide bonds. The zero-order valence-electron chi connectivity index (χ0n) is 22.4. The topological polar surface area (TPSA) is 49.8 Å². The van der Waals surface area contributed by atoms with Crippen LogP contribution in [0, 0.1) is 11.8 Å². The maximum atomic E-state index is 13.8. The molecule has 3 aliphatic rings. The minimum Gasteiger partial charge on any atom is -0.486 e. The Morgan fingerprint density at radius 1 is 1.02 bits per heavy atom. The van der Waals surface area contributed by atoms with Crippen molar-refractivity contribution in [3.63, 3.8) is 0 Å². The van der Waals surface area contributed by atoms with Gasteiger partial charge in [0.05, 0.1) is 17.0 Å². The van der Waals surface area contributed by atoms with Crippen LogP contribution in [0.25, 0.3) is 0 Å². The quantitative estimate of drug-likeness (QED) is 0.360. The lowest BCUT2D eigenvalue weighted by atomic mass is 9.80. The number of carboxylic acids is 1. The maximum absolute atomic E-state index is 13.8. The van der Waals surface area contributed by atoms with Gasteiger partial charge in [-0.2, -0.15) is 26.3 Å². The molecule has 1 N–H and O–H groups in total. The van der Waals surface area contributed by atoms with Gasteiger partial charge in [-0.1, -0.05) is 19.1 Å². The van der Waals surface area contributed by atoms with E-state index in [4.69, 9.17) is 4.74 Å².